The highest BCUT2D eigenvalue weighted by molar-refractivity contribution is 8.18. The van der Waals surface area contributed by atoms with Crippen LogP contribution >= 0.6 is 35.0 Å². The average Bonchev–Trinajstić information content (AvgIpc) is 3.36. The second-order valence-electron chi connectivity index (χ2n) is 6.64. The summed E-state index contributed by atoms with van der Waals surface area (Å²) in [6, 6.07) is 13.9. The molecule has 0 atom stereocenters. The summed E-state index contributed by atoms with van der Waals surface area (Å²) in [4.78, 5) is 38.6. The van der Waals surface area contributed by atoms with Crippen molar-refractivity contribution in [2.45, 2.75) is 0 Å². The molecule has 1 saturated heterocycles. The molecule has 0 bridgehead atoms. The van der Waals surface area contributed by atoms with Gasteiger partial charge in [0.05, 0.1) is 21.8 Å². The van der Waals surface area contributed by atoms with Gasteiger partial charge in [-0.05, 0) is 47.7 Å². The number of para-hydroxylation sites is 1. The van der Waals surface area contributed by atoms with Crippen molar-refractivity contribution < 1.29 is 14.4 Å². The highest BCUT2D eigenvalue weighted by Gasteiger charge is 2.34. The van der Waals surface area contributed by atoms with E-state index in [1.54, 1.807) is 54.6 Å². The van der Waals surface area contributed by atoms with Crippen LogP contribution in [0.3, 0.4) is 0 Å². The molecule has 1 aliphatic heterocycles. The largest absolute Gasteiger partial charge is 0.349 e. The molecule has 1 aliphatic rings. The quantitative estimate of drug-likeness (QED) is 0.526. The Morgan fingerprint density at radius 1 is 1.09 bits per heavy atom. The van der Waals surface area contributed by atoms with E-state index in [1.807, 2.05) is 0 Å². The molecule has 0 radical (unpaired) electrons. The number of hydrogen-bond donors (Lipinski definition) is 1. The van der Waals surface area contributed by atoms with Crippen LogP contribution in [-0.4, -0.2) is 50.0 Å². The Hall–Kier alpha value is -3.14. The summed E-state index contributed by atoms with van der Waals surface area (Å²) in [5.41, 5.74) is 1.43. The van der Waals surface area contributed by atoms with Crippen molar-refractivity contribution >= 4 is 58.1 Å². The van der Waals surface area contributed by atoms with Crippen molar-refractivity contribution in [3.63, 3.8) is 0 Å². The molecule has 11 heteroatoms. The van der Waals surface area contributed by atoms with Crippen molar-refractivity contribution in [2.75, 3.05) is 13.1 Å². The predicted octanol–water partition coefficient (Wildman–Crippen LogP) is 4.04. The van der Waals surface area contributed by atoms with Gasteiger partial charge in [-0.25, -0.2) is 4.68 Å². The molecule has 1 aromatic heterocycles. The number of benzene rings is 2. The number of carbonyl (C=O) groups excluding carboxylic acids is 3. The Balaban J connectivity index is 1.35. The van der Waals surface area contributed by atoms with E-state index in [0.29, 0.717) is 20.6 Å². The Labute approximate surface area is 197 Å². The molecule has 3 aromatic rings. The SMILES string of the molecule is O=C(NCCN1C(=O)S/C(=C\c2ccc(Cl)cc2)C1=O)c1cn(-c2ccccc2Cl)nn1. The van der Waals surface area contributed by atoms with Crippen molar-refractivity contribution in [1.29, 1.82) is 0 Å². The van der Waals surface area contributed by atoms with E-state index >= 15 is 0 Å². The van der Waals surface area contributed by atoms with E-state index in [4.69, 9.17) is 23.2 Å². The molecule has 162 valence electrons. The highest BCUT2D eigenvalue weighted by atomic mass is 35.5. The number of amides is 3. The number of carbonyl (C=O) groups is 3. The minimum Gasteiger partial charge on any atom is -0.349 e. The van der Waals surface area contributed by atoms with E-state index < -0.39 is 17.1 Å². The minimum absolute atomic E-state index is 0.0347. The van der Waals surface area contributed by atoms with Crippen LogP contribution in [0.1, 0.15) is 16.1 Å². The lowest BCUT2D eigenvalue weighted by molar-refractivity contribution is -0.122. The highest BCUT2D eigenvalue weighted by Crippen LogP contribution is 2.32. The lowest BCUT2D eigenvalue weighted by Gasteiger charge is -2.12. The minimum atomic E-state index is -0.480. The number of nitrogens with one attached hydrogen (secondary N) is 1. The Bertz CT molecular complexity index is 1230. The Morgan fingerprint density at radius 2 is 1.84 bits per heavy atom. The number of thioether (sulfide) groups is 1. The Kier molecular flexibility index (Phi) is 6.59. The first-order valence-corrected chi connectivity index (χ1v) is 11.0. The maximum absolute atomic E-state index is 12.6. The van der Waals surface area contributed by atoms with Gasteiger partial charge in [-0.1, -0.05) is 52.7 Å². The van der Waals surface area contributed by atoms with Crippen LogP contribution in [0, 0.1) is 0 Å². The van der Waals surface area contributed by atoms with Gasteiger partial charge in [0.25, 0.3) is 17.1 Å². The summed E-state index contributed by atoms with van der Waals surface area (Å²) < 4.78 is 1.40. The first-order valence-electron chi connectivity index (χ1n) is 9.39. The van der Waals surface area contributed by atoms with E-state index in [1.165, 1.54) is 10.9 Å². The number of hydrogen-bond acceptors (Lipinski definition) is 6. The first-order chi connectivity index (χ1) is 15.4. The first kappa shape index (κ1) is 22.1. The predicted molar refractivity (Wildman–Crippen MR) is 123 cm³/mol. The van der Waals surface area contributed by atoms with Crippen LogP contribution in [0.2, 0.25) is 10.0 Å². The summed E-state index contributed by atoms with van der Waals surface area (Å²) in [5.74, 6) is -0.888. The van der Waals surface area contributed by atoms with Gasteiger partial charge >= 0.3 is 0 Å². The molecule has 0 saturated carbocycles. The molecule has 1 fully saturated rings. The molecule has 4 rings (SSSR count). The van der Waals surface area contributed by atoms with Gasteiger partial charge in [-0.2, -0.15) is 0 Å². The van der Waals surface area contributed by atoms with Gasteiger partial charge in [0, 0.05) is 18.1 Å². The van der Waals surface area contributed by atoms with Crippen molar-refractivity contribution in [3.05, 3.63) is 80.9 Å². The van der Waals surface area contributed by atoms with E-state index in [2.05, 4.69) is 15.6 Å². The average molecular weight is 488 g/mol. The molecule has 8 nitrogen and oxygen atoms in total. The number of aromatic nitrogens is 3. The Morgan fingerprint density at radius 3 is 2.59 bits per heavy atom. The third-order valence-electron chi connectivity index (χ3n) is 4.49. The second kappa shape index (κ2) is 9.56. The summed E-state index contributed by atoms with van der Waals surface area (Å²) >= 11 is 12.8. The number of halogens is 2. The molecule has 1 N–H and O–H groups in total. The van der Waals surface area contributed by atoms with Crippen LogP contribution in [0.5, 0.6) is 0 Å². The van der Waals surface area contributed by atoms with Gasteiger partial charge < -0.3 is 5.32 Å². The standard InChI is InChI=1S/C21H15Cl2N5O3S/c22-14-7-5-13(6-8-14)11-18-20(30)27(21(31)32-18)10-9-24-19(29)16-12-28(26-25-16)17-4-2-1-3-15(17)23/h1-8,11-12H,9-10H2,(H,24,29)/b18-11-. The summed E-state index contributed by atoms with van der Waals surface area (Å²) in [5, 5.41) is 11.1. The number of nitrogens with zero attached hydrogens (tertiary/aromatic N) is 4. The van der Waals surface area contributed by atoms with Gasteiger partial charge in [-0.15, -0.1) is 5.10 Å². The van der Waals surface area contributed by atoms with Crippen LogP contribution in [0.25, 0.3) is 11.8 Å². The summed E-state index contributed by atoms with van der Waals surface area (Å²) in [6.45, 7) is 0.108. The molecule has 0 unspecified atom stereocenters. The fourth-order valence-electron chi connectivity index (χ4n) is 2.90. The molecule has 32 heavy (non-hydrogen) atoms. The third kappa shape index (κ3) is 4.85. The molecular weight excluding hydrogens is 473 g/mol. The zero-order valence-corrected chi connectivity index (χ0v) is 18.7. The maximum Gasteiger partial charge on any atom is 0.293 e. The lowest BCUT2D eigenvalue weighted by atomic mass is 10.2. The van der Waals surface area contributed by atoms with Crippen molar-refractivity contribution in [1.82, 2.24) is 25.2 Å². The van der Waals surface area contributed by atoms with E-state index in [9.17, 15) is 14.4 Å². The van der Waals surface area contributed by atoms with Crippen LogP contribution < -0.4 is 5.32 Å². The number of imide groups is 1. The zero-order chi connectivity index (χ0) is 22.7. The zero-order valence-electron chi connectivity index (χ0n) is 16.4. The van der Waals surface area contributed by atoms with Crippen molar-refractivity contribution in [3.8, 4) is 5.69 Å². The second-order valence-corrected chi connectivity index (χ2v) is 8.48. The summed E-state index contributed by atoms with van der Waals surface area (Å²) in [7, 11) is 0. The monoisotopic (exact) mass is 487 g/mol. The molecule has 2 aromatic carbocycles. The van der Waals surface area contributed by atoms with E-state index in [0.717, 1.165) is 22.2 Å². The third-order valence-corrected chi connectivity index (χ3v) is 5.97. The van der Waals surface area contributed by atoms with Crippen LogP contribution in [0.4, 0.5) is 4.79 Å². The van der Waals surface area contributed by atoms with Crippen LogP contribution in [0.15, 0.2) is 59.6 Å². The topological polar surface area (TPSA) is 97.2 Å². The normalized spacial score (nSPS) is 14.9. The fraction of sp³-hybridized carbons (Fsp3) is 0.0952. The molecule has 0 aliphatic carbocycles. The van der Waals surface area contributed by atoms with Crippen LogP contribution in [-0.2, 0) is 4.79 Å². The van der Waals surface area contributed by atoms with Gasteiger partial charge in [0.1, 0.15) is 0 Å². The fourth-order valence-corrected chi connectivity index (χ4v) is 4.11. The maximum atomic E-state index is 12.6. The molecule has 0 spiro atoms. The molecule has 2 heterocycles. The molecular formula is C21H15Cl2N5O3S. The number of rotatable bonds is 6. The van der Waals surface area contributed by atoms with Gasteiger partial charge in [0.15, 0.2) is 5.69 Å². The van der Waals surface area contributed by atoms with Gasteiger partial charge in [0.2, 0.25) is 0 Å². The smallest absolute Gasteiger partial charge is 0.293 e. The van der Waals surface area contributed by atoms with E-state index in [-0.39, 0.29) is 18.8 Å². The lowest BCUT2D eigenvalue weighted by Crippen LogP contribution is -2.37. The molecule has 3 amide bonds. The van der Waals surface area contributed by atoms with Gasteiger partial charge in [-0.3, -0.25) is 19.3 Å². The van der Waals surface area contributed by atoms with Crippen molar-refractivity contribution in [2.24, 2.45) is 0 Å². The summed E-state index contributed by atoms with van der Waals surface area (Å²) in [6.07, 6.45) is 3.08.